The van der Waals surface area contributed by atoms with Crippen LogP contribution in [0.4, 0.5) is 0 Å². The molecule has 0 N–H and O–H groups in total. The van der Waals surface area contributed by atoms with E-state index in [1.165, 1.54) is 24.7 Å². The summed E-state index contributed by atoms with van der Waals surface area (Å²) in [6.07, 6.45) is 7.13. The minimum absolute atomic E-state index is 0.222. The Morgan fingerprint density at radius 2 is 2.00 bits per heavy atom. The third-order valence-electron chi connectivity index (χ3n) is 3.37. The van der Waals surface area contributed by atoms with E-state index < -0.39 is 11.7 Å². The van der Waals surface area contributed by atoms with Gasteiger partial charge in [-0.3, -0.25) is 4.79 Å². The van der Waals surface area contributed by atoms with Gasteiger partial charge < -0.3 is 13.9 Å². The Morgan fingerprint density at radius 1 is 1.10 bits per heavy atom. The van der Waals surface area contributed by atoms with E-state index in [9.17, 15) is 9.59 Å². The molecule has 1 aromatic heterocycles. The highest BCUT2D eigenvalue weighted by molar-refractivity contribution is 6.23. The summed E-state index contributed by atoms with van der Waals surface area (Å²) in [7, 11) is 0. The fourth-order valence-corrected chi connectivity index (χ4v) is 2.54. The number of allylic oxidation sites excluding steroid dienone is 3. The van der Waals surface area contributed by atoms with E-state index in [0.29, 0.717) is 16.6 Å². The van der Waals surface area contributed by atoms with Crippen LogP contribution in [0, 0.1) is 0 Å². The quantitative estimate of drug-likeness (QED) is 0.655. The van der Waals surface area contributed by atoms with Crippen molar-refractivity contribution in [1.82, 2.24) is 0 Å². The van der Waals surface area contributed by atoms with Crippen molar-refractivity contribution in [3.05, 3.63) is 69.5 Å². The molecule has 0 radical (unpaired) electrons. The molecule has 5 nitrogen and oxygen atoms in total. The van der Waals surface area contributed by atoms with Gasteiger partial charge in [-0.2, -0.15) is 0 Å². The van der Waals surface area contributed by atoms with Gasteiger partial charge in [0.1, 0.15) is 5.76 Å². The lowest BCUT2D eigenvalue weighted by atomic mass is 9.89. The summed E-state index contributed by atoms with van der Waals surface area (Å²) in [6.45, 7) is 0. The molecule has 98 valence electrons. The molecule has 1 aromatic rings. The van der Waals surface area contributed by atoms with Crippen molar-refractivity contribution in [1.29, 1.82) is 0 Å². The van der Waals surface area contributed by atoms with Crippen LogP contribution in [-0.4, -0.2) is 11.9 Å². The van der Waals surface area contributed by atoms with Gasteiger partial charge in [-0.15, -0.1) is 0 Å². The van der Waals surface area contributed by atoms with E-state index >= 15 is 0 Å². The van der Waals surface area contributed by atoms with Crippen LogP contribution in [0.15, 0.2) is 57.7 Å². The topological polar surface area (TPSA) is 65.7 Å². The van der Waals surface area contributed by atoms with Crippen molar-refractivity contribution in [2.75, 3.05) is 0 Å². The first-order chi connectivity index (χ1) is 9.75. The highest BCUT2D eigenvalue weighted by Gasteiger charge is 2.36. The van der Waals surface area contributed by atoms with Crippen LogP contribution in [0.3, 0.4) is 0 Å². The Hall–Kier alpha value is -2.82. The van der Waals surface area contributed by atoms with Crippen LogP contribution in [0.25, 0.3) is 11.3 Å². The monoisotopic (exact) mass is 268 g/mol. The van der Waals surface area contributed by atoms with Gasteiger partial charge in [-0.25, -0.2) is 4.79 Å². The maximum atomic E-state index is 12.1. The number of carbonyl (C=O) groups is 1. The number of rotatable bonds is 0. The SMILES string of the molecule is O=C1C=COC2C3=CC=COC3=c3ccc(=O)oc3=C12. The lowest BCUT2D eigenvalue weighted by Crippen LogP contribution is -2.44. The first-order valence-electron chi connectivity index (χ1n) is 6.04. The number of hydrogen-bond donors (Lipinski definition) is 0. The zero-order chi connectivity index (χ0) is 13.7. The molecule has 0 aromatic carbocycles. The molecule has 5 heteroatoms. The van der Waals surface area contributed by atoms with Crippen molar-refractivity contribution in [2.45, 2.75) is 6.10 Å². The molecule has 3 aliphatic rings. The Morgan fingerprint density at radius 3 is 2.90 bits per heavy atom. The van der Waals surface area contributed by atoms with E-state index in [0.717, 1.165) is 5.57 Å². The molecule has 1 atom stereocenters. The molecule has 2 aliphatic heterocycles. The molecule has 20 heavy (non-hydrogen) atoms. The number of fused-ring (bicyclic) bond motifs is 4. The van der Waals surface area contributed by atoms with Gasteiger partial charge in [0.15, 0.2) is 17.3 Å². The molecule has 0 fully saturated rings. The summed E-state index contributed by atoms with van der Waals surface area (Å²) in [6, 6.07) is 2.90. The Kier molecular flexibility index (Phi) is 2.12. The Balaban J connectivity index is 2.23. The maximum Gasteiger partial charge on any atom is 0.336 e. The first-order valence-corrected chi connectivity index (χ1v) is 6.04. The molecule has 4 rings (SSSR count). The van der Waals surface area contributed by atoms with E-state index in [2.05, 4.69) is 0 Å². The van der Waals surface area contributed by atoms with Crippen LogP contribution in [0.2, 0.25) is 0 Å². The normalized spacial score (nSPS) is 22.3. The van der Waals surface area contributed by atoms with Gasteiger partial charge in [-0.1, -0.05) is 0 Å². The zero-order valence-corrected chi connectivity index (χ0v) is 10.2. The standard InChI is InChI=1S/C15H8O5/c16-10-5-7-19-14-8-2-1-6-18-13(8)9-3-4-11(17)20-15(9)12(10)14/h1-7,14H. The van der Waals surface area contributed by atoms with E-state index in [4.69, 9.17) is 13.9 Å². The number of hydrogen-bond acceptors (Lipinski definition) is 5. The molecule has 1 unspecified atom stereocenters. The van der Waals surface area contributed by atoms with Gasteiger partial charge in [0, 0.05) is 17.7 Å². The predicted molar refractivity (Wildman–Crippen MR) is 68.4 cm³/mol. The highest BCUT2D eigenvalue weighted by Crippen LogP contribution is 2.31. The third-order valence-corrected chi connectivity index (χ3v) is 3.37. The third kappa shape index (κ3) is 1.37. The lowest BCUT2D eigenvalue weighted by Gasteiger charge is -2.28. The van der Waals surface area contributed by atoms with E-state index in [1.54, 1.807) is 12.1 Å². The van der Waals surface area contributed by atoms with Crippen molar-refractivity contribution in [3.63, 3.8) is 0 Å². The second-order valence-corrected chi connectivity index (χ2v) is 4.49. The van der Waals surface area contributed by atoms with Crippen LogP contribution < -0.4 is 16.3 Å². The molecular formula is C15H8O5. The van der Waals surface area contributed by atoms with Gasteiger partial charge in [0.2, 0.25) is 0 Å². The largest absolute Gasteiger partial charge is 0.488 e. The summed E-state index contributed by atoms with van der Waals surface area (Å²) < 4.78 is 16.2. The minimum atomic E-state index is -0.606. The first kappa shape index (κ1) is 11.0. The molecule has 1 aliphatic carbocycles. The van der Waals surface area contributed by atoms with Crippen LogP contribution in [0.5, 0.6) is 0 Å². The summed E-state index contributed by atoms with van der Waals surface area (Å²) >= 11 is 0. The summed E-state index contributed by atoms with van der Waals surface area (Å²) in [5.41, 5.74) is 0.770. The minimum Gasteiger partial charge on any atom is -0.488 e. The van der Waals surface area contributed by atoms with Gasteiger partial charge in [-0.05, 0) is 18.2 Å². The fraction of sp³-hybridized carbons (Fsp3) is 0.0667. The van der Waals surface area contributed by atoms with Crippen LogP contribution in [-0.2, 0) is 14.3 Å². The molecular weight excluding hydrogens is 260 g/mol. The average Bonchev–Trinajstić information content (AvgIpc) is 2.47. The molecule has 3 heterocycles. The molecule has 0 saturated heterocycles. The van der Waals surface area contributed by atoms with Crippen molar-refractivity contribution >= 4 is 17.1 Å². The summed E-state index contributed by atoms with van der Waals surface area (Å²) in [5, 5.41) is 0.582. The van der Waals surface area contributed by atoms with E-state index in [-0.39, 0.29) is 11.2 Å². The summed E-state index contributed by atoms with van der Waals surface area (Å²) in [5.74, 6) is 0.314. The van der Waals surface area contributed by atoms with Gasteiger partial charge in [0.25, 0.3) is 0 Å². The second-order valence-electron chi connectivity index (χ2n) is 4.49. The summed E-state index contributed by atoms with van der Waals surface area (Å²) in [4.78, 5) is 23.6. The average molecular weight is 268 g/mol. The predicted octanol–water partition coefficient (Wildman–Crippen LogP) is -0.136. The number of ether oxygens (including phenoxy) is 2. The highest BCUT2D eigenvalue weighted by atomic mass is 16.5. The zero-order valence-electron chi connectivity index (χ0n) is 10.2. The second kappa shape index (κ2) is 3.84. The van der Waals surface area contributed by atoms with E-state index in [1.807, 2.05) is 6.08 Å². The Bertz CT molecular complexity index is 895. The smallest absolute Gasteiger partial charge is 0.336 e. The van der Waals surface area contributed by atoms with Crippen LogP contribution >= 0.6 is 0 Å². The maximum absolute atomic E-state index is 12.1. The van der Waals surface area contributed by atoms with Crippen molar-refractivity contribution in [3.8, 4) is 0 Å². The van der Waals surface area contributed by atoms with Crippen molar-refractivity contribution in [2.24, 2.45) is 0 Å². The van der Waals surface area contributed by atoms with Crippen molar-refractivity contribution < 1.29 is 18.7 Å². The molecule has 0 amide bonds. The van der Waals surface area contributed by atoms with Gasteiger partial charge in [0.05, 0.1) is 23.3 Å². The molecule has 0 bridgehead atoms. The van der Waals surface area contributed by atoms with Crippen LogP contribution in [0.1, 0.15) is 0 Å². The lowest BCUT2D eigenvalue weighted by molar-refractivity contribution is -0.111. The van der Waals surface area contributed by atoms with Gasteiger partial charge >= 0.3 is 5.63 Å². The molecule has 0 saturated carbocycles. The number of ketones is 1. The molecule has 0 spiro atoms. The Labute approximate surface area is 112 Å². The fourth-order valence-electron chi connectivity index (χ4n) is 2.54. The number of carbonyl (C=O) groups excluding carboxylic acids is 1.